The highest BCUT2D eigenvalue weighted by Gasteiger charge is 2.32. The number of carboxylic acid groups (broad SMARTS) is 1. The number of tetrazole rings is 1. The fourth-order valence-corrected chi connectivity index (χ4v) is 5.82. The standard InChI is InChI=1S/C29H27FN4O4/c1-15-10-17(29-31-33-34(3)32-29)11-16(2)27(15)21-6-8-23(30)28-22(21)7-9-24(28)38-19-4-5-20-18(12-26(35)36)14-37-25(20)13-19/h4-6,8,10-11,13,18,24H,7,9,12,14H2,1-3H3,(H,35,36)/t18?,24-/m1/s1. The summed E-state index contributed by atoms with van der Waals surface area (Å²) in [4.78, 5) is 12.6. The van der Waals surface area contributed by atoms with Gasteiger partial charge < -0.3 is 14.6 Å². The number of carboxylic acids is 1. The summed E-state index contributed by atoms with van der Waals surface area (Å²) in [7, 11) is 1.73. The van der Waals surface area contributed by atoms with E-state index in [-0.39, 0.29) is 18.2 Å². The third kappa shape index (κ3) is 4.17. The molecule has 3 aromatic carbocycles. The number of aromatic nitrogens is 4. The van der Waals surface area contributed by atoms with Gasteiger partial charge in [0.2, 0.25) is 5.82 Å². The van der Waals surface area contributed by atoms with Crippen LogP contribution in [-0.2, 0) is 18.3 Å². The fraction of sp³-hybridized carbons (Fsp3) is 0.310. The van der Waals surface area contributed by atoms with E-state index in [1.165, 1.54) is 10.9 Å². The number of fused-ring (bicyclic) bond motifs is 2. The molecule has 1 unspecified atom stereocenters. The molecule has 0 fully saturated rings. The van der Waals surface area contributed by atoms with E-state index in [1.54, 1.807) is 13.1 Å². The zero-order valence-electron chi connectivity index (χ0n) is 21.4. The molecule has 1 aromatic heterocycles. The molecule has 0 saturated heterocycles. The first-order valence-electron chi connectivity index (χ1n) is 12.6. The van der Waals surface area contributed by atoms with Crippen molar-refractivity contribution in [2.75, 3.05) is 6.61 Å². The van der Waals surface area contributed by atoms with Crippen LogP contribution in [0.2, 0.25) is 0 Å². The van der Waals surface area contributed by atoms with Crippen LogP contribution in [0.1, 0.15) is 52.7 Å². The van der Waals surface area contributed by atoms with Gasteiger partial charge in [-0.3, -0.25) is 4.79 Å². The van der Waals surface area contributed by atoms with E-state index in [0.717, 1.165) is 38.9 Å². The highest BCUT2D eigenvalue weighted by molar-refractivity contribution is 5.78. The summed E-state index contributed by atoms with van der Waals surface area (Å²) in [5.74, 6) is 0.467. The highest BCUT2D eigenvalue weighted by atomic mass is 19.1. The summed E-state index contributed by atoms with van der Waals surface area (Å²) in [5.41, 5.74) is 7.50. The zero-order chi connectivity index (χ0) is 26.6. The molecule has 1 aliphatic heterocycles. The van der Waals surface area contributed by atoms with Crippen molar-refractivity contribution < 1.29 is 23.8 Å². The fourth-order valence-electron chi connectivity index (χ4n) is 5.82. The maximum absolute atomic E-state index is 15.2. The van der Waals surface area contributed by atoms with Crippen LogP contribution in [-0.4, -0.2) is 37.9 Å². The molecular formula is C29H27FN4O4. The lowest BCUT2D eigenvalue weighted by molar-refractivity contribution is -0.137. The number of hydrogen-bond donors (Lipinski definition) is 1. The molecule has 2 heterocycles. The Hall–Kier alpha value is -4.27. The molecule has 0 amide bonds. The van der Waals surface area contributed by atoms with Gasteiger partial charge >= 0.3 is 5.97 Å². The minimum absolute atomic E-state index is 0.0201. The molecule has 1 N–H and O–H groups in total. The molecule has 8 nitrogen and oxygen atoms in total. The van der Waals surface area contributed by atoms with Crippen molar-refractivity contribution in [1.82, 2.24) is 20.2 Å². The van der Waals surface area contributed by atoms with E-state index in [4.69, 9.17) is 14.6 Å². The van der Waals surface area contributed by atoms with E-state index < -0.39 is 12.1 Å². The number of ether oxygens (including phenoxy) is 2. The molecule has 1 aliphatic carbocycles. The Labute approximate surface area is 219 Å². The van der Waals surface area contributed by atoms with Gasteiger partial charge in [-0.05, 0) is 84.0 Å². The summed E-state index contributed by atoms with van der Waals surface area (Å²) < 4.78 is 27.3. The van der Waals surface area contributed by atoms with Crippen LogP contribution in [0.15, 0.2) is 42.5 Å². The largest absolute Gasteiger partial charge is 0.492 e. The number of nitrogens with zero attached hydrogens (tertiary/aromatic N) is 4. The summed E-state index contributed by atoms with van der Waals surface area (Å²) in [6, 6.07) is 12.9. The lowest BCUT2D eigenvalue weighted by atomic mass is 9.89. The SMILES string of the molecule is Cc1cc(-c2nnn(C)n2)cc(C)c1-c1ccc(F)c2c1CC[C@H]2Oc1ccc2c(c1)OCC2CC(=O)O. The summed E-state index contributed by atoms with van der Waals surface area (Å²) in [5, 5.41) is 21.5. The van der Waals surface area contributed by atoms with Crippen molar-refractivity contribution in [2.45, 2.75) is 45.1 Å². The quantitative estimate of drug-likeness (QED) is 0.372. The third-order valence-electron chi connectivity index (χ3n) is 7.42. The van der Waals surface area contributed by atoms with E-state index >= 15 is 4.39 Å². The van der Waals surface area contributed by atoms with Crippen molar-refractivity contribution in [1.29, 1.82) is 0 Å². The van der Waals surface area contributed by atoms with Crippen molar-refractivity contribution in [3.8, 4) is 34.0 Å². The van der Waals surface area contributed by atoms with Gasteiger partial charge in [0.15, 0.2) is 0 Å². The average molecular weight is 515 g/mol. The minimum atomic E-state index is -0.855. The highest BCUT2D eigenvalue weighted by Crippen LogP contribution is 2.45. The van der Waals surface area contributed by atoms with Gasteiger partial charge in [0, 0.05) is 28.7 Å². The molecule has 0 radical (unpaired) electrons. The topological polar surface area (TPSA) is 99.4 Å². The molecule has 38 heavy (non-hydrogen) atoms. The molecule has 2 atom stereocenters. The predicted molar refractivity (Wildman–Crippen MR) is 138 cm³/mol. The summed E-state index contributed by atoms with van der Waals surface area (Å²) in [6.07, 6.45) is 0.944. The number of rotatable bonds is 6. The van der Waals surface area contributed by atoms with E-state index in [9.17, 15) is 4.79 Å². The molecule has 0 bridgehead atoms. The Balaban J connectivity index is 1.31. The molecular weight excluding hydrogens is 487 g/mol. The minimum Gasteiger partial charge on any atom is -0.492 e. The second kappa shape index (κ2) is 9.24. The molecule has 0 saturated carbocycles. The number of benzene rings is 3. The number of carbonyl (C=O) groups is 1. The van der Waals surface area contributed by atoms with Gasteiger partial charge in [-0.25, -0.2) is 4.39 Å². The van der Waals surface area contributed by atoms with Crippen LogP contribution in [0.3, 0.4) is 0 Å². The third-order valence-corrected chi connectivity index (χ3v) is 7.42. The van der Waals surface area contributed by atoms with Crippen LogP contribution < -0.4 is 9.47 Å². The Morgan fingerprint density at radius 2 is 1.97 bits per heavy atom. The molecule has 6 rings (SSSR count). The predicted octanol–water partition coefficient (Wildman–Crippen LogP) is 5.32. The van der Waals surface area contributed by atoms with Gasteiger partial charge in [-0.15, -0.1) is 10.2 Å². The Morgan fingerprint density at radius 1 is 1.18 bits per heavy atom. The van der Waals surface area contributed by atoms with Crippen LogP contribution in [0.5, 0.6) is 11.5 Å². The van der Waals surface area contributed by atoms with Crippen molar-refractivity contribution >= 4 is 5.97 Å². The number of aryl methyl sites for hydroxylation is 3. The Morgan fingerprint density at radius 3 is 2.68 bits per heavy atom. The smallest absolute Gasteiger partial charge is 0.304 e. The average Bonchev–Trinajstić information content (AvgIpc) is 3.59. The molecule has 4 aromatic rings. The summed E-state index contributed by atoms with van der Waals surface area (Å²) >= 11 is 0. The van der Waals surface area contributed by atoms with E-state index in [1.807, 2.05) is 44.2 Å². The van der Waals surface area contributed by atoms with Gasteiger partial charge in [0.25, 0.3) is 0 Å². The maximum atomic E-state index is 15.2. The molecule has 9 heteroatoms. The first-order chi connectivity index (χ1) is 18.3. The Bertz CT molecular complexity index is 1560. The summed E-state index contributed by atoms with van der Waals surface area (Å²) in [6.45, 7) is 4.42. The van der Waals surface area contributed by atoms with Gasteiger partial charge in [0.1, 0.15) is 23.4 Å². The molecule has 194 valence electrons. The maximum Gasteiger partial charge on any atom is 0.304 e. The lowest BCUT2D eigenvalue weighted by Gasteiger charge is -2.19. The molecule has 2 aliphatic rings. The van der Waals surface area contributed by atoms with Crippen molar-refractivity contribution in [3.05, 3.63) is 76.1 Å². The Kier molecular flexibility index (Phi) is 5.86. The monoisotopic (exact) mass is 514 g/mol. The van der Waals surface area contributed by atoms with Crippen LogP contribution in [0, 0.1) is 19.7 Å². The van der Waals surface area contributed by atoms with E-state index in [2.05, 4.69) is 15.4 Å². The molecule has 0 spiro atoms. The number of aliphatic carboxylic acids is 1. The normalized spacial score (nSPS) is 17.7. The van der Waals surface area contributed by atoms with Crippen molar-refractivity contribution in [3.63, 3.8) is 0 Å². The van der Waals surface area contributed by atoms with Gasteiger partial charge in [-0.1, -0.05) is 12.1 Å². The van der Waals surface area contributed by atoms with Gasteiger partial charge in [0.05, 0.1) is 20.1 Å². The van der Waals surface area contributed by atoms with E-state index in [0.29, 0.717) is 42.3 Å². The van der Waals surface area contributed by atoms with Crippen molar-refractivity contribution in [2.24, 2.45) is 7.05 Å². The second-order valence-electron chi connectivity index (χ2n) is 10.0. The van der Waals surface area contributed by atoms with Crippen LogP contribution in [0.25, 0.3) is 22.5 Å². The number of halogens is 1. The van der Waals surface area contributed by atoms with Crippen LogP contribution in [0.4, 0.5) is 4.39 Å². The zero-order valence-corrected chi connectivity index (χ0v) is 21.4. The van der Waals surface area contributed by atoms with Gasteiger partial charge in [-0.2, -0.15) is 4.80 Å². The first-order valence-corrected chi connectivity index (χ1v) is 12.6. The first kappa shape index (κ1) is 24.1. The second-order valence-corrected chi connectivity index (χ2v) is 10.0. The number of hydrogen-bond acceptors (Lipinski definition) is 6. The lowest BCUT2D eigenvalue weighted by Crippen LogP contribution is -2.07. The van der Waals surface area contributed by atoms with Crippen LogP contribution >= 0.6 is 0 Å².